The molecular weight excluding hydrogens is 263 g/mol. The van der Waals surface area contributed by atoms with E-state index in [-0.39, 0.29) is 6.04 Å². The third-order valence-electron chi connectivity index (χ3n) is 5.29. The highest BCUT2D eigenvalue weighted by Crippen LogP contribution is 2.39. The topological polar surface area (TPSA) is 12.0 Å². The van der Waals surface area contributed by atoms with Gasteiger partial charge in [0.15, 0.2) is 0 Å². The fraction of sp³-hybridized carbons (Fsp3) is 1.00. The summed E-state index contributed by atoms with van der Waals surface area (Å²) in [4.78, 5) is 0. The summed E-state index contributed by atoms with van der Waals surface area (Å²) in [5.41, 5.74) is 0. The van der Waals surface area contributed by atoms with Gasteiger partial charge in [-0.1, -0.05) is 39.5 Å². The minimum absolute atomic E-state index is 0.295. The van der Waals surface area contributed by atoms with Gasteiger partial charge in [-0.2, -0.15) is 13.2 Å². The minimum Gasteiger partial charge on any atom is -0.311 e. The molecule has 2 rings (SSSR count). The van der Waals surface area contributed by atoms with E-state index in [1.807, 2.05) is 0 Å². The van der Waals surface area contributed by atoms with Crippen LogP contribution in [0.25, 0.3) is 0 Å². The van der Waals surface area contributed by atoms with Crippen molar-refractivity contribution >= 4 is 0 Å². The van der Waals surface area contributed by atoms with Crippen LogP contribution < -0.4 is 5.32 Å². The SMILES string of the molecule is CC(C)C1CCCC(NC2CCCCC2C(F)(F)F)C1. The van der Waals surface area contributed by atoms with Crippen LogP contribution in [0.4, 0.5) is 13.2 Å². The van der Waals surface area contributed by atoms with Crippen LogP contribution in [0, 0.1) is 17.8 Å². The third-order valence-corrected chi connectivity index (χ3v) is 5.29. The van der Waals surface area contributed by atoms with E-state index < -0.39 is 12.1 Å². The quantitative estimate of drug-likeness (QED) is 0.779. The van der Waals surface area contributed by atoms with Gasteiger partial charge in [-0.25, -0.2) is 0 Å². The second-order valence-electron chi connectivity index (χ2n) is 7.07. The first kappa shape index (κ1) is 16.1. The van der Waals surface area contributed by atoms with E-state index in [4.69, 9.17) is 0 Å². The number of hydrogen-bond acceptors (Lipinski definition) is 1. The fourth-order valence-electron chi connectivity index (χ4n) is 4.01. The maximum Gasteiger partial charge on any atom is 0.393 e. The molecule has 20 heavy (non-hydrogen) atoms. The molecule has 0 amide bonds. The summed E-state index contributed by atoms with van der Waals surface area (Å²) < 4.78 is 39.3. The number of hydrogen-bond donors (Lipinski definition) is 1. The number of rotatable bonds is 3. The Morgan fingerprint density at radius 3 is 2.30 bits per heavy atom. The molecule has 0 radical (unpaired) electrons. The van der Waals surface area contributed by atoms with E-state index >= 15 is 0 Å². The van der Waals surface area contributed by atoms with E-state index in [1.54, 1.807) is 0 Å². The van der Waals surface area contributed by atoms with E-state index in [2.05, 4.69) is 19.2 Å². The molecule has 0 heterocycles. The third kappa shape index (κ3) is 4.12. The van der Waals surface area contributed by atoms with Gasteiger partial charge < -0.3 is 5.32 Å². The summed E-state index contributed by atoms with van der Waals surface area (Å²) in [6, 6.07) is -0.0521. The monoisotopic (exact) mass is 291 g/mol. The number of alkyl halides is 3. The van der Waals surface area contributed by atoms with Gasteiger partial charge in [0.25, 0.3) is 0 Å². The Balaban J connectivity index is 1.93. The Labute approximate surface area is 120 Å². The normalized spacial score (nSPS) is 36.3. The summed E-state index contributed by atoms with van der Waals surface area (Å²) in [5, 5.41) is 3.38. The van der Waals surface area contributed by atoms with Crippen molar-refractivity contribution in [2.24, 2.45) is 17.8 Å². The van der Waals surface area contributed by atoms with Crippen molar-refractivity contribution in [1.29, 1.82) is 0 Å². The molecule has 2 fully saturated rings. The maximum absolute atomic E-state index is 13.1. The molecule has 1 nitrogen and oxygen atoms in total. The van der Waals surface area contributed by atoms with Crippen LogP contribution in [-0.4, -0.2) is 18.3 Å². The fourth-order valence-corrected chi connectivity index (χ4v) is 4.01. The van der Waals surface area contributed by atoms with Crippen LogP contribution in [0.1, 0.15) is 65.2 Å². The zero-order valence-electron chi connectivity index (χ0n) is 12.7. The lowest BCUT2D eigenvalue weighted by Gasteiger charge is -2.39. The largest absolute Gasteiger partial charge is 0.393 e. The Bertz CT molecular complexity index is 301. The lowest BCUT2D eigenvalue weighted by atomic mass is 9.77. The van der Waals surface area contributed by atoms with Gasteiger partial charge in [0.2, 0.25) is 0 Å². The Morgan fingerprint density at radius 1 is 0.950 bits per heavy atom. The van der Waals surface area contributed by atoms with Crippen molar-refractivity contribution in [2.75, 3.05) is 0 Å². The second-order valence-corrected chi connectivity index (χ2v) is 7.07. The standard InChI is InChI=1S/C16H28F3N/c1-11(2)12-6-5-7-13(10-12)20-15-9-4-3-8-14(15)16(17,18)19/h11-15,20H,3-10H2,1-2H3. The van der Waals surface area contributed by atoms with Gasteiger partial charge in [0, 0.05) is 12.1 Å². The molecule has 0 aliphatic heterocycles. The molecule has 1 N–H and O–H groups in total. The van der Waals surface area contributed by atoms with Crippen molar-refractivity contribution in [3.63, 3.8) is 0 Å². The van der Waals surface area contributed by atoms with Crippen LogP contribution in [0.15, 0.2) is 0 Å². The predicted molar refractivity (Wildman–Crippen MR) is 75.5 cm³/mol. The highest BCUT2D eigenvalue weighted by atomic mass is 19.4. The molecule has 2 aliphatic carbocycles. The molecule has 4 unspecified atom stereocenters. The number of nitrogens with one attached hydrogen (secondary N) is 1. The van der Waals surface area contributed by atoms with Gasteiger partial charge in [-0.15, -0.1) is 0 Å². The summed E-state index contributed by atoms with van der Waals surface area (Å²) in [6.07, 6.45) is 3.11. The summed E-state index contributed by atoms with van der Waals surface area (Å²) >= 11 is 0. The zero-order chi connectivity index (χ0) is 14.8. The predicted octanol–water partition coefficient (Wildman–Crippen LogP) is 4.91. The minimum atomic E-state index is -4.04. The van der Waals surface area contributed by atoms with Crippen molar-refractivity contribution in [3.8, 4) is 0 Å². The van der Waals surface area contributed by atoms with Crippen molar-refractivity contribution in [2.45, 2.75) is 83.5 Å². The highest BCUT2D eigenvalue weighted by molar-refractivity contribution is 4.89. The first-order chi connectivity index (χ1) is 9.38. The first-order valence-electron chi connectivity index (χ1n) is 8.20. The summed E-state index contributed by atoms with van der Waals surface area (Å²) in [7, 11) is 0. The molecular formula is C16H28F3N. The molecule has 0 aromatic rings. The van der Waals surface area contributed by atoms with E-state index in [1.165, 1.54) is 6.42 Å². The van der Waals surface area contributed by atoms with Gasteiger partial charge in [-0.05, 0) is 37.5 Å². The average molecular weight is 291 g/mol. The molecule has 0 aromatic heterocycles. The molecule has 0 bridgehead atoms. The van der Waals surface area contributed by atoms with Crippen LogP contribution in [-0.2, 0) is 0 Å². The molecule has 118 valence electrons. The lowest BCUT2D eigenvalue weighted by molar-refractivity contribution is -0.189. The van der Waals surface area contributed by atoms with E-state index in [0.717, 1.165) is 32.1 Å². The summed E-state index contributed by atoms with van der Waals surface area (Å²) in [5.74, 6) is 0.189. The first-order valence-corrected chi connectivity index (χ1v) is 8.20. The van der Waals surface area contributed by atoms with Crippen molar-refractivity contribution in [1.82, 2.24) is 5.32 Å². The molecule has 0 spiro atoms. The Morgan fingerprint density at radius 2 is 1.65 bits per heavy atom. The van der Waals surface area contributed by atoms with Crippen LogP contribution in [0.5, 0.6) is 0 Å². The molecule has 4 heteroatoms. The van der Waals surface area contributed by atoms with Crippen LogP contribution in [0.3, 0.4) is 0 Å². The zero-order valence-corrected chi connectivity index (χ0v) is 12.7. The van der Waals surface area contributed by atoms with Crippen molar-refractivity contribution < 1.29 is 13.2 Å². The average Bonchev–Trinajstić information content (AvgIpc) is 2.38. The molecule has 2 saturated carbocycles. The Kier molecular flexibility index (Phi) is 5.38. The molecule has 0 saturated heterocycles. The van der Waals surface area contributed by atoms with Gasteiger partial charge >= 0.3 is 6.18 Å². The summed E-state index contributed by atoms with van der Waals surface area (Å²) in [6.45, 7) is 4.46. The van der Waals surface area contributed by atoms with E-state index in [9.17, 15) is 13.2 Å². The van der Waals surface area contributed by atoms with Crippen LogP contribution >= 0.6 is 0 Å². The Hall–Kier alpha value is -0.250. The molecule has 2 aliphatic rings. The van der Waals surface area contributed by atoms with E-state index in [0.29, 0.717) is 30.7 Å². The highest BCUT2D eigenvalue weighted by Gasteiger charge is 2.46. The van der Waals surface area contributed by atoms with Crippen molar-refractivity contribution in [3.05, 3.63) is 0 Å². The second kappa shape index (κ2) is 6.67. The number of halogens is 3. The maximum atomic E-state index is 13.1. The smallest absolute Gasteiger partial charge is 0.311 e. The van der Waals surface area contributed by atoms with Gasteiger partial charge in [0.05, 0.1) is 5.92 Å². The molecule has 0 aromatic carbocycles. The van der Waals surface area contributed by atoms with Gasteiger partial charge in [-0.3, -0.25) is 0 Å². The van der Waals surface area contributed by atoms with Gasteiger partial charge in [0.1, 0.15) is 0 Å². The lowest BCUT2D eigenvalue weighted by Crippen LogP contribution is -2.50. The molecule has 4 atom stereocenters. The van der Waals surface area contributed by atoms with Crippen LogP contribution in [0.2, 0.25) is 0 Å².